The summed E-state index contributed by atoms with van der Waals surface area (Å²) in [7, 11) is 0. The summed E-state index contributed by atoms with van der Waals surface area (Å²) in [6.07, 6.45) is -4.04. The molecule has 6 heteroatoms. The van der Waals surface area contributed by atoms with E-state index >= 15 is 0 Å². The van der Waals surface area contributed by atoms with Gasteiger partial charge in [0.15, 0.2) is 0 Å². The van der Waals surface area contributed by atoms with Crippen LogP contribution in [-0.4, -0.2) is 9.97 Å². The normalized spacial score (nSPS) is 11.9. The van der Waals surface area contributed by atoms with Crippen molar-refractivity contribution in [3.8, 4) is 0 Å². The van der Waals surface area contributed by atoms with Gasteiger partial charge >= 0.3 is 6.18 Å². The van der Waals surface area contributed by atoms with E-state index < -0.39 is 12.0 Å². The molecule has 0 atom stereocenters. The minimum atomic E-state index is -4.48. The highest BCUT2D eigenvalue weighted by atomic mass is 79.9. The molecule has 1 aromatic rings. The molecule has 78 valence electrons. The van der Waals surface area contributed by atoms with Crippen LogP contribution >= 0.6 is 15.9 Å². The molecule has 0 aliphatic carbocycles. The van der Waals surface area contributed by atoms with Crippen molar-refractivity contribution in [2.24, 2.45) is 0 Å². The van der Waals surface area contributed by atoms with E-state index in [1.54, 1.807) is 6.92 Å². The van der Waals surface area contributed by atoms with Crippen molar-refractivity contribution in [2.75, 3.05) is 0 Å². The topological polar surface area (TPSA) is 25.8 Å². The van der Waals surface area contributed by atoms with Crippen LogP contribution < -0.4 is 0 Å². The zero-order chi connectivity index (χ0) is 10.9. The Morgan fingerprint density at radius 1 is 1.29 bits per heavy atom. The van der Waals surface area contributed by atoms with Crippen molar-refractivity contribution in [2.45, 2.75) is 26.4 Å². The third-order valence-corrected chi connectivity index (χ3v) is 2.71. The first-order valence-corrected chi connectivity index (χ1v) is 4.75. The van der Waals surface area contributed by atoms with E-state index in [0.717, 1.165) is 0 Å². The summed E-state index contributed by atoms with van der Waals surface area (Å²) < 4.78 is 37.4. The molecule has 1 aromatic heterocycles. The molecule has 0 fully saturated rings. The monoisotopic (exact) mass is 268 g/mol. The molecule has 2 nitrogen and oxygen atoms in total. The fourth-order valence-electron chi connectivity index (χ4n) is 0.980. The van der Waals surface area contributed by atoms with Gasteiger partial charge in [-0.25, -0.2) is 9.97 Å². The van der Waals surface area contributed by atoms with Crippen molar-refractivity contribution < 1.29 is 13.2 Å². The molecule has 0 radical (unpaired) electrons. The lowest BCUT2D eigenvalue weighted by Gasteiger charge is -2.09. The molecule has 0 amide bonds. The van der Waals surface area contributed by atoms with Gasteiger partial charge in [-0.15, -0.1) is 0 Å². The molecule has 0 aliphatic rings. The van der Waals surface area contributed by atoms with Gasteiger partial charge in [-0.3, -0.25) is 0 Å². The molecule has 1 heterocycles. The molecule has 1 rings (SSSR count). The van der Waals surface area contributed by atoms with E-state index in [2.05, 4.69) is 25.9 Å². The SMILES string of the molecule is CCc1nc(C(F)(F)F)nc(C)c1Br. The second-order valence-corrected chi connectivity index (χ2v) is 3.54. The lowest BCUT2D eigenvalue weighted by Crippen LogP contribution is -2.14. The average Bonchev–Trinajstić information content (AvgIpc) is 2.07. The molecule has 0 unspecified atom stereocenters. The minimum absolute atomic E-state index is 0.309. The Kier molecular flexibility index (Phi) is 3.14. The molecule has 0 aromatic carbocycles. The van der Waals surface area contributed by atoms with Crippen LogP contribution in [0.1, 0.15) is 24.1 Å². The van der Waals surface area contributed by atoms with Gasteiger partial charge in [0.25, 0.3) is 0 Å². The van der Waals surface area contributed by atoms with E-state index in [0.29, 0.717) is 22.3 Å². The van der Waals surface area contributed by atoms with Crippen molar-refractivity contribution in [3.05, 3.63) is 21.7 Å². The lowest BCUT2D eigenvalue weighted by atomic mass is 10.3. The van der Waals surface area contributed by atoms with Crippen LogP contribution in [-0.2, 0) is 12.6 Å². The van der Waals surface area contributed by atoms with Crippen LogP contribution in [0.4, 0.5) is 13.2 Å². The van der Waals surface area contributed by atoms with Crippen molar-refractivity contribution in [1.29, 1.82) is 0 Å². The van der Waals surface area contributed by atoms with Gasteiger partial charge in [0.2, 0.25) is 5.82 Å². The predicted octanol–water partition coefficient (Wildman–Crippen LogP) is 3.13. The summed E-state index contributed by atoms with van der Waals surface area (Å²) in [6, 6.07) is 0. The maximum atomic E-state index is 12.3. The van der Waals surface area contributed by atoms with Gasteiger partial charge in [-0.1, -0.05) is 6.92 Å². The first-order chi connectivity index (χ1) is 6.36. The maximum Gasteiger partial charge on any atom is 0.451 e. The van der Waals surface area contributed by atoms with Gasteiger partial charge in [0, 0.05) is 0 Å². The van der Waals surface area contributed by atoms with Gasteiger partial charge in [0.05, 0.1) is 15.9 Å². The Morgan fingerprint density at radius 3 is 2.29 bits per heavy atom. The Morgan fingerprint density at radius 2 is 1.86 bits per heavy atom. The lowest BCUT2D eigenvalue weighted by molar-refractivity contribution is -0.145. The van der Waals surface area contributed by atoms with Crippen LogP contribution in [0, 0.1) is 6.92 Å². The van der Waals surface area contributed by atoms with Crippen LogP contribution in [0.2, 0.25) is 0 Å². The van der Waals surface area contributed by atoms with E-state index in [4.69, 9.17) is 0 Å². The fraction of sp³-hybridized carbons (Fsp3) is 0.500. The standard InChI is InChI=1S/C8H8BrF3N2/c1-3-5-6(9)4(2)13-7(14-5)8(10,11)12/h3H2,1-2H3. The highest BCUT2D eigenvalue weighted by Gasteiger charge is 2.35. The van der Waals surface area contributed by atoms with Crippen molar-refractivity contribution in [1.82, 2.24) is 9.97 Å². The molecule has 0 spiro atoms. The second-order valence-electron chi connectivity index (χ2n) is 2.74. The summed E-state index contributed by atoms with van der Waals surface area (Å²) in [5, 5.41) is 0. The molecule has 0 bridgehead atoms. The number of aryl methyl sites for hydroxylation is 2. The number of rotatable bonds is 1. The second kappa shape index (κ2) is 3.84. The van der Waals surface area contributed by atoms with E-state index in [1.165, 1.54) is 6.92 Å². The Hall–Kier alpha value is -0.650. The van der Waals surface area contributed by atoms with Gasteiger partial charge in [-0.2, -0.15) is 13.2 Å². The smallest absolute Gasteiger partial charge is 0.229 e. The van der Waals surface area contributed by atoms with E-state index in [-0.39, 0.29) is 0 Å². The summed E-state index contributed by atoms with van der Waals surface area (Å²) in [5.74, 6) is -1.07. The highest BCUT2D eigenvalue weighted by molar-refractivity contribution is 9.10. The number of hydrogen-bond donors (Lipinski definition) is 0. The molecular weight excluding hydrogens is 261 g/mol. The largest absolute Gasteiger partial charge is 0.451 e. The number of alkyl halides is 3. The predicted molar refractivity (Wildman–Crippen MR) is 48.8 cm³/mol. The maximum absolute atomic E-state index is 12.3. The third kappa shape index (κ3) is 2.23. The molecular formula is C8H8BrF3N2. The van der Waals surface area contributed by atoms with Crippen molar-refractivity contribution >= 4 is 15.9 Å². The van der Waals surface area contributed by atoms with Crippen LogP contribution in [0.15, 0.2) is 4.47 Å². The summed E-state index contributed by atoms with van der Waals surface area (Å²) in [4.78, 5) is 6.81. The Bertz CT molecular complexity index is 349. The molecule has 0 aliphatic heterocycles. The first-order valence-electron chi connectivity index (χ1n) is 3.96. The first kappa shape index (κ1) is 11.4. The Labute approximate surface area is 87.7 Å². The zero-order valence-electron chi connectivity index (χ0n) is 7.61. The fourth-order valence-corrected chi connectivity index (χ4v) is 1.44. The number of aromatic nitrogens is 2. The molecule has 0 N–H and O–H groups in total. The van der Waals surface area contributed by atoms with Crippen molar-refractivity contribution in [3.63, 3.8) is 0 Å². The van der Waals surface area contributed by atoms with Gasteiger partial charge < -0.3 is 0 Å². The minimum Gasteiger partial charge on any atom is -0.229 e. The number of nitrogens with zero attached hydrogens (tertiary/aromatic N) is 2. The van der Waals surface area contributed by atoms with Gasteiger partial charge in [0.1, 0.15) is 0 Å². The van der Waals surface area contributed by atoms with Gasteiger partial charge in [-0.05, 0) is 29.3 Å². The summed E-state index contributed by atoms with van der Waals surface area (Å²) in [6.45, 7) is 3.26. The van der Waals surface area contributed by atoms with E-state index in [9.17, 15) is 13.2 Å². The number of halogens is 4. The van der Waals surface area contributed by atoms with Crippen LogP contribution in [0.5, 0.6) is 0 Å². The third-order valence-electron chi connectivity index (χ3n) is 1.67. The summed E-state index contributed by atoms with van der Waals surface area (Å²) in [5.41, 5.74) is 0.689. The highest BCUT2D eigenvalue weighted by Crippen LogP contribution is 2.29. The van der Waals surface area contributed by atoms with Crippen LogP contribution in [0.3, 0.4) is 0 Å². The average molecular weight is 269 g/mol. The van der Waals surface area contributed by atoms with Crippen LogP contribution in [0.25, 0.3) is 0 Å². The number of hydrogen-bond acceptors (Lipinski definition) is 2. The quantitative estimate of drug-likeness (QED) is 0.782. The summed E-state index contributed by atoms with van der Waals surface area (Å²) >= 11 is 3.15. The Balaban J connectivity index is 3.30. The van der Waals surface area contributed by atoms with E-state index in [1.807, 2.05) is 0 Å². The molecule has 14 heavy (non-hydrogen) atoms. The molecule has 0 saturated heterocycles. The molecule has 0 saturated carbocycles. The zero-order valence-corrected chi connectivity index (χ0v) is 9.20.